The molecule has 158 valence electrons. The molecule has 1 amide bonds. The number of carbonyl (C=O) groups excluding carboxylic acids is 1. The number of nitrogens with two attached hydrogens (primary N) is 1. The lowest BCUT2D eigenvalue weighted by Gasteiger charge is -2.37. The number of benzene rings is 1. The van der Waals surface area contributed by atoms with Gasteiger partial charge in [-0.2, -0.15) is 10.4 Å². The van der Waals surface area contributed by atoms with Crippen LogP contribution in [0.3, 0.4) is 0 Å². The molecule has 0 bridgehead atoms. The molecule has 0 saturated carbocycles. The molecular weight excluding hydrogens is 402 g/mol. The third kappa shape index (κ3) is 5.61. The van der Waals surface area contributed by atoms with Crippen molar-refractivity contribution in [2.24, 2.45) is 5.10 Å². The average Bonchev–Trinajstić information content (AvgIpc) is 3.12. The quantitative estimate of drug-likeness (QED) is 0.568. The Balaban J connectivity index is 1.62. The maximum Gasteiger partial charge on any atom is 0.410 e. The van der Waals surface area contributed by atoms with Crippen molar-refractivity contribution in [3.8, 4) is 6.07 Å². The number of piperazine rings is 1. The van der Waals surface area contributed by atoms with Gasteiger partial charge in [0.15, 0.2) is 0 Å². The molecule has 0 radical (unpaired) electrons. The van der Waals surface area contributed by atoms with Crippen LogP contribution < -0.4 is 16.1 Å². The number of amides is 1. The van der Waals surface area contributed by atoms with Crippen molar-refractivity contribution in [1.29, 1.82) is 5.26 Å². The van der Waals surface area contributed by atoms with E-state index >= 15 is 0 Å². The highest BCUT2D eigenvalue weighted by atomic mass is 32.1. The molecule has 2 aromatic rings. The van der Waals surface area contributed by atoms with Crippen LogP contribution in [0.15, 0.2) is 28.7 Å². The number of carbonyl (C=O) groups is 1. The number of nitriles is 1. The summed E-state index contributed by atoms with van der Waals surface area (Å²) in [7, 11) is 0. The van der Waals surface area contributed by atoms with Gasteiger partial charge in [0.2, 0.25) is 5.13 Å². The SMILES string of the molecule is CC(C)(C)OC(=O)N1CCN(c2ccc(C=NNc3nc(N)cs3)cc2C#N)CC1. The van der Waals surface area contributed by atoms with Crippen LogP contribution in [0.5, 0.6) is 0 Å². The van der Waals surface area contributed by atoms with Crippen molar-refractivity contribution in [3.63, 3.8) is 0 Å². The smallest absolute Gasteiger partial charge is 0.410 e. The van der Waals surface area contributed by atoms with Gasteiger partial charge in [-0.1, -0.05) is 6.07 Å². The highest BCUT2D eigenvalue weighted by molar-refractivity contribution is 7.14. The Labute approximate surface area is 179 Å². The van der Waals surface area contributed by atoms with Crippen molar-refractivity contribution >= 4 is 40.3 Å². The van der Waals surface area contributed by atoms with Gasteiger partial charge in [-0.15, -0.1) is 11.3 Å². The van der Waals surface area contributed by atoms with E-state index in [-0.39, 0.29) is 6.09 Å². The third-order valence-electron chi connectivity index (χ3n) is 4.31. The molecule has 1 aromatic carbocycles. The van der Waals surface area contributed by atoms with Gasteiger partial charge in [-0.25, -0.2) is 9.78 Å². The van der Waals surface area contributed by atoms with Gasteiger partial charge < -0.3 is 20.3 Å². The minimum absolute atomic E-state index is 0.302. The summed E-state index contributed by atoms with van der Waals surface area (Å²) in [5.74, 6) is 0.445. The maximum atomic E-state index is 12.2. The largest absolute Gasteiger partial charge is 0.444 e. The second-order valence-corrected chi connectivity index (χ2v) is 8.65. The minimum atomic E-state index is -0.513. The minimum Gasteiger partial charge on any atom is -0.444 e. The van der Waals surface area contributed by atoms with Crippen LogP contribution in [0.4, 0.5) is 21.4 Å². The van der Waals surface area contributed by atoms with Gasteiger partial charge in [0.05, 0.1) is 17.5 Å². The average molecular weight is 428 g/mol. The number of ether oxygens (including phenoxy) is 1. The van der Waals surface area contributed by atoms with Crippen LogP contribution in [0.1, 0.15) is 31.9 Å². The lowest BCUT2D eigenvalue weighted by Crippen LogP contribution is -2.50. The van der Waals surface area contributed by atoms with E-state index < -0.39 is 5.60 Å². The number of anilines is 3. The van der Waals surface area contributed by atoms with Crippen LogP contribution in [0.25, 0.3) is 0 Å². The van der Waals surface area contributed by atoms with E-state index in [1.54, 1.807) is 22.6 Å². The monoisotopic (exact) mass is 427 g/mol. The topological polar surface area (TPSA) is 120 Å². The molecular formula is C20H25N7O2S. The maximum absolute atomic E-state index is 12.2. The number of nitrogens with zero attached hydrogens (tertiary/aromatic N) is 5. The van der Waals surface area contributed by atoms with Crippen molar-refractivity contribution in [2.45, 2.75) is 26.4 Å². The lowest BCUT2D eigenvalue weighted by molar-refractivity contribution is 0.0240. The number of hydrogen-bond acceptors (Lipinski definition) is 9. The number of nitrogen functional groups attached to an aromatic ring is 1. The summed E-state index contributed by atoms with van der Waals surface area (Å²) in [4.78, 5) is 20.1. The molecule has 10 heteroatoms. The zero-order valence-corrected chi connectivity index (χ0v) is 18.1. The van der Waals surface area contributed by atoms with Gasteiger partial charge in [0, 0.05) is 31.6 Å². The zero-order chi connectivity index (χ0) is 21.7. The molecule has 3 N–H and O–H groups in total. The Morgan fingerprint density at radius 3 is 2.70 bits per heavy atom. The predicted molar refractivity (Wildman–Crippen MR) is 119 cm³/mol. The third-order valence-corrected chi connectivity index (χ3v) is 5.07. The summed E-state index contributed by atoms with van der Waals surface area (Å²) in [6.45, 7) is 7.92. The summed E-state index contributed by atoms with van der Waals surface area (Å²) in [5.41, 5.74) is 10.1. The molecule has 1 aliphatic heterocycles. The normalized spacial score (nSPS) is 14.6. The number of thiazole rings is 1. The zero-order valence-electron chi connectivity index (χ0n) is 17.3. The van der Waals surface area contributed by atoms with E-state index in [4.69, 9.17) is 10.5 Å². The second kappa shape index (κ2) is 9.00. The first kappa shape index (κ1) is 21.4. The van der Waals surface area contributed by atoms with E-state index in [9.17, 15) is 10.1 Å². The van der Waals surface area contributed by atoms with Crippen LogP contribution in [-0.2, 0) is 4.74 Å². The van der Waals surface area contributed by atoms with Crippen LogP contribution in [-0.4, -0.2) is 54.0 Å². The van der Waals surface area contributed by atoms with Crippen LogP contribution >= 0.6 is 11.3 Å². The Hall–Kier alpha value is -3.32. The highest BCUT2D eigenvalue weighted by Crippen LogP contribution is 2.23. The highest BCUT2D eigenvalue weighted by Gasteiger charge is 2.26. The first-order valence-electron chi connectivity index (χ1n) is 9.52. The van der Waals surface area contributed by atoms with E-state index in [1.807, 2.05) is 32.9 Å². The summed E-state index contributed by atoms with van der Waals surface area (Å²) in [6.07, 6.45) is 1.33. The standard InChI is InChI=1S/C20H25N7O2S/c1-20(2,3)29-19(28)27-8-6-26(7-9-27)16-5-4-14(10-15(16)11-21)12-23-25-18-24-17(22)13-30-18/h4-5,10,12-13H,6-9,22H2,1-3H3,(H,24,25). The Morgan fingerprint density at radius 1 is 1.37 bits per heavy atom. The van der Waals surface area contributed by atoms with E-state index in [0.29, 0.717) is 42.7 Å². The molecule has 1 saturated heterocycles. The van der Waals surface area contributed by atoms with Gasteiger partial charge in [-0.05, 0) is 38.5 Å². The number of rotatable bonds is 4. The van der Waals surface area contributed by atoms with Crippen LogP contribution in [0.2, 0.25) is 0 Å². The fraction of sp³-hybridized carbons (Fsp3) is 0.400. The van der Waals surface area contributed by atoms with Gasteiger partial charge in [0.25, 0.3) is 0 Å². The van der Waals surface area contributed by atoms with Crippen LogP contribution in [0, 0.1) is 11.3 Å². The second-order valence-electron chi connectivity index (χ2n) is 7.79. The summed E-state index contributed by atoms with van der Waals surface area (Å²) in [5, 5.41) is 16.1. The first-order chi connectivity index (χ1) is 14.2. The number of nitrogens with one attached hydrogen (secondary N) is 1. The van der Waals surface area contributed by atoms with Crippen molar-refractivity contribution in [2.75, 3.05) is 42.2 Å². The van der Waals surface area contributed by atoms with Gasteiger partial charge >= 0.3 is 6.09 Å². The van der Waals surface area contributed by atoms with Gasteiger partial charge in [-0.3, -0.25) is 5.43 Å². The molecule has 1 aliphatic rings. The summed E-state index contributed by atoms with van der Waals surface area (Å²) in [6, 6.07) is 7.85. The molecule has 1 fully saturated rings. The molecule has 2 heterocycles. The first-order valence-corrected chi connectivity index (χ1v) is 10.4. The van der Waals surface area contributed by atoms with E-state index in [1.165, 1.54) is 11.3 Å². The fourth-order valence-electron chi connectivity index (χ4n) is 2.96. The number of hydrogen-bond donors (Lipinski definition) is 2. The molecule has 30 heavy (non-hydrogen) atoms. The molecule has 0 atom stereocenters. The van der Waals surface area contributed by atoms with Crippen molar-refractivity contribution < 1.29 is 9.53 Å². The Bertz CT molecular complexity index is 966. The number of aromatic nitrogens is 1. The predicted octanol–water partition coefficient (Wildman–Crippen LogP) is 3.10. The van der Waals surface area contributed by atoms with Gasteiger partial charge in [0.1, 0.15) is 17.5 Å². The van der Waals surface area contributed by atoms with E-state index in [0.717, 1.165) is 11.3 Å². The number of hydrazone groups is 1. The molecule has 1 aromatic heterocycles. The fourth-order valence-corrected chi connectivity index (χ4v) is 3.50. The molecule has 9 nitrogen and oxygen atoms in total. The summed E-state index contributed by atoms with van der Waals surface area (Å²) >= 11 is 1.36. The Morgan fingerprint density at radius 2 is 2.10 bits per heavy atom. The molecule has 0 spiro atoms. The van der Waals surface area contributed by atoms with Crippen molar-refractivity contribution in [1.82, 2.24) is 9.88 Å². The lowest BCUT2D eigenvalue weighted by atomic mass is 10.1. The summed E-state index contributed by atoms with van der Waals surface area (Å²) < 4.78 is 5.43. The molecule has 0 unspecified atom stereocenters. The molecule has 0 aliphatic carbocycles. The van der Waals surface area contributed by atoms with E-state index in [2.05, 4.69) is 26.5 Å². The molecule has 3 rings (SSSR count). The van der Waals surface area contributed by atoms with Crippen molar-refractivity contribution in [3.05, 3.63) is 34.7 Å². The Kier molecular flexibility index (Phi) is 6.42.